The van der Waals surface area contributed by atoms with Gasteiger partial charge in [0.1, 0.15) is 5.56 Å². The fourth-order valence-corrected chi connectivity index (χ4v) is 3.36. The summed E-state index contributed by atoms with van der Waals surface area (Å²) in [5, 5.41) is 14.6. The van der Waals surface area contributed by atoms with E-state index in [0.29, 0.717) is 35.0 Å². The highest BCUT2D eigenvalue weighted by Crippen LogP contribution is 2.32. The Kier molecular flexibility index (Phi) is 4.65. The Morgan fingerprint density at radius 3 is 2.88 bits per heavy atom. The molecule has 0 aliphatic carbocycles. The highest BCUT2D eigenvalue weighted by molar-refractivity contribution is 6.33. The molecule has 1 saturated heterocycles. The number of halogens is 1. The molecule has 6 heteroatoms. The van der Waals surface area contributed by atoms with Crippen LogP contribution < -0.4 is 0 Å². The summed E-state index contributed by atoms with van der Waals surface area (Å²) < 4.78 is 5.31. The summed E-state index contributed by atoms with van der Waals surface area (Å²) in [7, 11) is 0. The van der Waals surface area contributed by atoms with Gasteiger partial charge in [-0.2, -0.15) is 0 Å². The molecule has 1 N–H and O–H groups in total. The number of piperidine rings is 1. The summed E-state index contributed by atoms with van der Waals surface area (Å²) >= 11 is 6.22. The van der Waals surface area contributed by atoms with Gasteiger partial charge in [0.05, 0.1) is 16.8 Å². The molecular weight excluding hydrogens is 328 g/mol. The predicted octanol–water partition coefficient (Wildman–Crippen LogP) is 3.62. The predicted molar refractivity (Wildman–Crippen MR) is 91.9 cm³/mol. The van der Waals surface area contributed by atoms with Crippen molar-refractivity contribution in [1.29, 1.82) is 0 Å². The fourth-order valence-electron chi connectivity index (χ4n) is 3.14. The van der Waals surface area contributed by atoms with E-state index >= 15 is 0 Å². The van der Waals surface area contributed by atoms with Gasteiger partial charge in [-0.15, -0.1) is 0 Å². The van der Waals surface area contributed by atoms with Crippen molar-refractivity contribution in [2.75, 3.05) is 13.1 Å². The molecule has 2 heterocycles. The number of hydrogen-bond donors (Lipinski definition) is 1. The van der Waals surface area contributed by atoms with Crippen LogP contribution in [0.25, 0.3) is 11.3 Å². The minimum Gasteiger partial charge on any atom is -0.390 e. The van der Waals surface area contributed by atoms with E-state index in [-0.39, 0.29) is 11.8 Å². The second-order valence-corrected chi connectivity index (χ2v) is 7.20. The molecule has 128 valence electrons. The second kappa shape index (κ2) is 6.57. The van der Waals surface area contributed by atoms with E-state index in [1.54, 1.807) is 30.9 Å². The van der Waals surface area contributed by atoms with E-state index < -0.39 is 5.60 Å². The van der Waals surface area contributed by atoms with Crippen molar-refractivity contribution >= 4 is 17.5 Å². The largest absolute Gasteiger partial charge is 0.390 e. The van der Waals surface area contributed by atoms with Gasteiger partial charge in [0.25, 0.3) is 5.91 Å². The number of amides is 1. The van der Waals surface area contributed by atoms with Crippen molar-refractivity contribution in [3.63, 3.8) is 0 Å². The molecular formula is C18H21ClN2O3. The molecule has 1 fully saturated rings. The summed E-state index contributed by atoms with van der Waals surface area (Å²) in [4.78, 5) is 14.7. The normalized spacial score (nSPS) is 18.7. The summed E-state index contributed by atoms with van der Waals surface area (Å²) in [6.45, 7) is 4.77. The minimum atomic E-state index is -0.806. The smallest absolute Gasteiger partial charge is 0.259 e. The van der Waals surface area contributed by atoms with Crippen LogP contribution in [0.3, 0.4) is 0 Å². The first-order valence-electron chi connectivity index (χ1n) is 8.09. The molecule has 0 unspecified atom stereocenters. The van der Waals surface area contributed by atoms with Crippen molar-refractivity contribution in [2.24, 2.45) is 5.92 Å². The number of carbonyl (C=O) groups excluding carboxylic acids is 1. The molecule has 1 aliphatic rings. The van der Waals surface area contributed by atoms with Crippen LogP contribution in [0.5, 0.6) is 0 Å². The molecule has 2 aromatic rings. The number of hydrogen-bond acceptors (Lipinski definition) is 4. The number of likely N-dealkylation sites (tertiary alicyclic amines) is 1. The van der Waals surface area contributed by atoms with Crippen LogP contribution in [0, 0.1) is 5.92 Å². The number of rotatable bonds is 3. The maximum atomic E-state index is 12.9. The lowest BCUT2D eigenvalue weighted by Crippen LogP contribution is -2.46. The quantitative estimate of drug-likeness (QED) is 0.920. The number of carbonyl (C=O) groups is 1. The molecule has 24 heavy (non-hydrogen) atoms. The SMILES string of the molecule is CC(C)(O)[C@@H]1CCCN(C(=O)c2cnoc2-c2ccccc2Cl)C1. The Morgan fingerprint density at radius 2 is 2.17 bits per heavy atom. The molecule has 5 nitrogen and oxygen atoms in total. The van der Waals surface area contributed by atoms with Crippen LogP contribution in [-0.4, -0.2) is 39.8 Å². The molecule has 1 aromatic heterocycles. The Balaban J connectivity index is 1.87. The summed E-state index contributed by atoms with van der Waals surface area (Å²) in [6, 6.07) is 7.21. The zero-order valence-corrected chi connectivity index (χ0v) is 14.6. The van der Waals surface area contributed by atoms with E-state index in [9.17, 15) is 9.90 Å². The second-order valence-electron chi connectivity index (χ2n) is 6.79. The third-order valence-corrected chi connectivity index (χ3v) is 4.96. The van der Waals surface area contributed by atoms with Gasteiger partial charge in [-0.05, 0) is 38.8 Å². The molecule has 0 saturated carbocycles. The van der Waals surface area contributed by atoms with Gasteiger partial charge in [-0.25, -0.2) is 0 Å². The van der Waals surface area contributed by atoms with E-state index in [1.165, 1.54) is 6.20 Å². The average Bonchev–Trinajstić information content (AvgIpc) is 3.03. The first kappa shape index (κ1) is 17.0. The maximum Gasteiger partial charge on any atom is 0.259 e. The summed E-state index contributed by atoms with van der Waals surface area (Å²) in [5.41, 5.74) is 0.245. The molecule has 1 aromatic carbocycles. The lowest BCUT2D eigenvalue weighted by atomic mass is 9.84. The zero-order valence-electron chi connectivity index (χ0n) is 13.8. The van der Waals surface area contributed by atoms with Crippen molar-refractivity contribution < 1.29 is 14.4 Å². The first-order chi connectivity index (χ1) is 11.4. The van der Waals surface area contributed by atoms with Crippen molar-refractivity contribution in [3.8, 4) is 11.3 Å². The van der Waals surface area contributed by atoms with Gasteiger partial charge < -0.3 is 14.5 Å². The summed E-state index contributed by atoms with van der Waals surface area (Å²) in [5.74, 6) is 0.301. The Labute approximate surface area is 146 Å². The molecule has 0 bridgehead atoms. The van der Waals surface area contributed by atoms with E-state index in [2.05, 4.69) is 5.16 Å². The lowest BCUT2D eigenvalue weighted by molar-refractivity contribution is -0.0146. The van der Waals surface area contributed by atoms with Gasteiger partial charge in [0.2, 0.25) is 0 Å². The van der Waals surface area contributed by atoms with Gasteiger partial charge >= 0.3 is 0 Å². The third-order valence-electron chi connectivity index (χ3n) is 4.63. The van der Waals surface area contributed by atoms with Gasteiger partial charge in [-0.1, -0.05) is 28.9 Å². The Hall–Kier alpha value is -1.85. The van der Waals surface area contributed by atoms with Crippen LogP contribution in [0.2, 0.25) is 5.02 Å². The summed E-state index contributed by atoms with van der Waals surface area (Å²) in [6.07, 6.45) is 3.22. The molecule has 0 spiro atoms. The molecule has 3 rings (SSSR count). The first-order valence-corrected chi connectivity index (χ1v) is 8.47. The Bertz CT molecular complexity index is 736. The van der Waals surface area contributed by atoms with Crippen LogP contribution in [0.4, 0.5) is 0 Å². The van der Waals surface area contributed by atoms with E-state index in [1.807, 2.05) is 12.1 Å². The van der Waals surface area contributed by atoms with Crippen LogP contribution in [-0.2, 0) is 0 Å². The third kappa shape index (κ3) is 3.32. The fraction of sp³-hybridized carbons (Fsp3) is 0.444. The lowest BCUT2D eigenvalue weighted by Gasteiger charge is -2.38. The highest BCUT2D eigenvalue weighted by atomic mass is 35.5. The van der Waals surface area contributed by atoms with E-state index in [4.69, 9.17) is 16.1 Å². The molecule has 0 radical (unpaired) electrons. The van der Waals surface area contributed by atoms with Crippen LogP contribution >= 0.6 is 11.6 Å². The van der Waals surface area contributed by atoms with E-state index in [0.717, 1.165) is 12.8 Å². The standard InChI is InChI=1S/C18H21ClN2O3/c1-18(2,23)12-6-5-9-21(11-12)17(22)14-10-20-24-16(14)13-7-3-4-8-15(13)19/h3-4,7-8,10,12,23H,5-6,9,11H2,1-2H3/t12-/m1/s1. The van der Waals surface area contributed by atoms with Gasteiger partial charge in [-0.3, -0.25) is 4.79 Å². The van der Waals surface area contributed by atoms with Crippen molar-refractivity contribution in [2.45, 2.75) is 32.3 Å². The highest BCUT2D eigenvalue weighted by Gasteiger charge is 2.34. The van der Waals surface area contributed by atoms with Crippen LogP contribution in [0.15, 0.2) is 35.0 Å². The number of nitrogens with zero attached hydrogens (tertiary/aromatic N) is 2. The topological polar surface area (TPSA) is 66.6 Å². The van der Waals surface area contributed by atoms with Crippen LogP contribution in [0.1, 0.15) is 37.0 Å². The molecule has 1 aliphatic heterocycles. The number of aromatic nitrogens is 1. The average molecular weight is 349 g/mol. The molecule has 1 amide bonds. The number of aliphatic hydroxyl groups is 1. The zero-order chi connectivity index (χ0) is 17.3. The molecule has 1 atom stereocenters. The van der Waals surface area contributed by atoms with Gasteiger partial charge in [0, 0.05) is 24.6 Å². The van der Waals surface area contributed by atoms with Crippen molar-refractivity contribution in [1.82, 2.24) is 10.1 Å². The maximum absolute atomic E-state index is 12.9. The van der Waals surface area contributed by atoms with Crippen molar-refractivity contribution in [3.05, 3.63) is 41.0 Å². The van der Waals surface area contributed by atoms with Gasteiger partial charge in [0.15, 0.2) is 5.76 Å². The number of benzene rings is 1. The Morgan fingerprint density at radius 1 is 1.42 bits per heavy atom. The monoisotopic (exact) mass is 348 g/mol. The minimum absolute atomic E-state index is 0.0545.